The Kier molecular flexibility index (Phi) is 8.27. The molecule has 8 heteroatoms. The molecule has 2 fully saturated rings. The van der Waals surface area contributed by atoms with Crippen LogP contribution in [0.2, 0.25) is 0 Å². The fourth-order valence-corrected chi connectivity index (χ4v) is 2.94. The summed E-state index contributed by atoms with van der Waals surface area (Å²) >= 11 is 0. The van der Waals surface area contributed by atoms with Crippen LogP contribution in [-0.4, -0.2) is 94.2 Å². The monoisotopic (exact) mass is 344 g/mol. The maximum absolute atomic E-state index is 12.1. The van der Waals surface area contributed by atoms with E-state index in [1.54, 1.807) is 16.9 Å². The van der Waals surface area contributed by atoms with Gasteiger partial charge in [-0.2, -0.15) is 0 Å². The number of carbonyl (C=O) groups is 2. The van der Waals surface area contributed by atoms with Crippen molar-refractivity contribution in [3.63, 3.8) is 0 Å². The van der Waals surface area contributed by atoms with Crippen LogP contribution in [0.15, 0.2) is 0 Å². The van der Waals surface area contributed by atoms with Crippen LogP contribution >= 0.6 is 0 Å². The Labute approximate surface area is 142 Å². The molecule has 2 aliphatic heterocycles. The van der Waals surface area contributed by atoms with Crippen molar-refractivity contribution in [3.05, 3.63) is 0 Å². The SMILES string of the molecule is COCCOCCOCC(=O)N1CCC(N2CCCOC2=O)CC1. The highest BCUT2D eigenvalue weighted by molar-refractivity contribution is 5.77. The van der Waals surface area contributed by atoms with Crippen molar-refractivity contribution in [3.8, 4) is 0 Å². The summed E-state index contributed by atoms with van der Waals surface area (Å²) in [4.78, 5) is 27.5. The minimum absolute atomic E-state index is 0.00781. The molecular formula is C16H28N2O6. The van der Waals surface area contributed by atoms with Gasteiger partial charge in [-0.05, 0) is 19.3 Å². The maximum Gasteiger partial charge on any atom is 0.410 e. The van der Waals surface area contributed by atoms with Gasteiger partial charge in [0.05, 0.1) is 33.0 Å². The van der Waals surface area contributed by atoms with Crippen molar-refractivity contribution < 1.29 is 28.5 Å². The summed E-state index contributed by atoms with van der Waals surface area (Å²) in [5.41, 5.74) is 0. The lowest BCUT2D eigenvalue weighted by atomic mass is 10.0. The molecule has 0 aromatic rings. The summed E-state index contributed by atoms with van der Waals surface area (Å²) in [6.07, 6.45) is 2.25. The van der Waals surface area contributed by atoms with Gasteiger partial charge >= 0.3 is 6.09 Å². The van der Waals surface area contributed by atoms with Crippen molar-refractivity contribution in [1.29, 1.82) is 0 Å². The van der Waals surface area contributed by atoms with Gasteiger partial charge in [-0.25, -0.2) is 4.79 Å². The number of hydrogen-bond donors (Lipinski definition) is 0. The first-order valence-corrected chi connectivity index (χ1v) is 8.58. The number of methoxy groups -OCH3 is 1. The zero-order valence-electron chi connectivity index (χ0n) is 14.4. The molecule has 24 heavy (non-hydrogen) atoms. The normalized spacial score (nSPS) is 19.5. The first-order chi connectivity index (χ1) is 11.7. The van der Waals surface area contributed by atoms with Crippen LogP contribution in [0.25, 0.3) is 0 Å². The number of rotatable bonds is 9. The third-order valence-corrected chi connectivity index (χ3v) is 4.29. The Morgan fingerprint density at radius 2 is 1.83 bits per heavy atom. The number of likely N-dealkylation sites (tertiary alicyclic amines) is 1. The third kappa shape index (κ3) is 5.92. The molecule has 2 heterocycles. The minimum atomic E-state index is -0.220. The van der Waals surface area contributed by atoms with E-state index in [0.29, 0.717) is 46.1 Å². The Morgan fingerprint density at radius 3 is 2.54 bits per heavy atom. The summed E-state index contributed by atoms with van der Waals surface area (Å²) in [6.45, 7) is 4.58. The fourth-order valence-electron chi connectivity index (χ4n) is 2.94. The van der Waals surface area contributed by atoms with Gasteiger partial charge in [-0.1, -0.05) is 0 Å². The molecule has 0 N–H and O–H groups in total. The molecule has 0 radical (unpaired) electrons. The lowest BCUT2D eigenvalue weighted by Crippen LogP contribution is -2.51. The molecule has 0 aliphatic carbocycles. The number of nitrogens with zero attached hydrogens (tertiary/aromatic N) is 2. The van der Waals surface area contributed by atoms with Gasteiger partial charge in [-0.15, -0.1) is 0 Å². The van der Waals surface area contributed by atoms with Gasteiger partial charge in [0.1, 0.15) is 6.61 Å². The van der Waals surface area contributed by atoms with Crippen molar-refractivity contribution in [1.82, 2.24) is 9.80 Å². The van der Waals surface area contributed by atoms with Gasteiger partial charge in [-0.3, -0.25) is 4.79 Å². The van der Waals surface area contributed by atoms with E-state index in [1.807, 2.05) is 0 Å². The van der Waals surface area contributed by atoms with E-state index < -0.39 is 0 Å². The zero-order chi connectivity index (χ0) is 17.2. The number of amides is 2. The van der Waals surface area contributed by atoms with Crippen LogP contribution in [-0.2, 0) is 23.7 Å². The van der Waals surface area contributed by atoms with Crippen molar-refractivity contribution >= 4 is 12.0 Å². The first-order valence-electron chi connectivity index (χ1n) is 8.58. The van der Waals surface area contributed by atoms with Gasteiger partial charge in [0.2, 0.25) is 5.91 Å². The van der Waals surface area contributed by atoms with E-state index in [2.05, 4.69) is 0 Å². The zero-order valence-corrected chi connectivity index (χ0v) is 14.4. The minimum Gasteiger partial charge on any atom is -0.449 e. The second kappa shape index (κ2) is 10.5. The second-order valence-electron chi connectivity index (χ2n) is 5.93. The summed E-state index contributed by atoms with van der Waals surface area (Å²) in [5.74, 6) is -0.00781. The molecule has 138 valence electrons. The smallest absolute Gasteiger partial charge is 0.410 e. The Hall–Kier alpha value is -1.38. The molecule has 2 aliphatic rings. The average Bonchev–Trinajstić information content (AvgIpc) is 2.61. The lowest BCUT2D eigenvalue weighted by Gasteiger charge is -2.39. The van der Waals surface area contributed by atoms with Crippen LogP contribution in [0.3, 0.4) is 0 Å². The molecule has 2 saturated heterocycles. The highest BCUT2D eigenvalue weighted by Crippen LogP contribution is 2.20. The molecule has 0 aromatic carbocycles. The number of cyclic esters (lactones) is 1. The third-order valence-electron chi connectivity index (χ3n) is 4.29. The van der Waals surface area contributed by atoms with Crippen molar-refractivity contribution in [2.45, 2.75) is 25.3 Å². The number of ether oxygens (including phenoxy) is 4. The average molecular weight is 344 g/mol. The van der Waals surface area contributed by atoms with Crippen LogP contribution in [0.1, 0.15) is 19.3 Å². The second-order valence-corrected chi connectivity index (χ2v) is 5.93. The molecule has 0 aromatic heterocycles. The predicted octanol–water partition coefficient (Wildman–Crippen LogP) is 0.499. The Balaban J connectivity index is 1.58. The van der Waals surface area contributed by atoms with Crippen LogP contribution in [0.4, 0.5) is 4.79 Å². The molecule has 0 atom stereocenters. The number of piperidine rings is 1. The fraction of sp³-hybridized carbons (Fsp3) is 0.875. The van der Waals surface area contributed by atoms with Crippen molar-refractivity contribution in [2.24, 2.45) is 0 Å². The van der Waals surface area contributed by atoms with E-state index in [9.17, 15) is 9.59 Å². The van der Waals surface area contributed by atoms with E-state index in [-0.39, 0.29) is 24.6 Å². The quantitative estimate of drug-likeness (QED) is 0.567. The maximum atomic E-state index is 12.1. The highest BCUT2D eigenvalue weighted by atomic mass is 16.6. The topological polar surface area (TPSA) is 77.5 Å². The van der Waals surface area contributed by atoms with Gasteiger partial charge in [0, 0.05) is 32.8 Å². The molecule has 0 spiro atoms. The molecular weight excluding hydrogens is 316 g/mol. The van der Waals surface area contributed by atoms with E-state index in [4.69, 9.17) is 18.9 Å². The largest absolute Gasteiger partial charge is 0.449 e. The summed E-state index contributed by atoms with van der Waals surface area (Å²) in [6, 6.07) is 0.178. The van der Waals surface area contributed by atoms with E-state index in [0.717, 1.165) is 25.8 Å². The number of hydrogen-bond acceptors (Lipinski definition) is 6. The van der Waals surface area contributed by atoms with Crippen LogP contribution in [0, 0.1) is 0 Å². The Morgan fingerprint density at radius 1 is 1.12 bits per heavy atom. The standard InChI is InChI=1S/C16H28N2O6/c1-21-9-10-22-11-12-23-13-15(19)17-6-3-14(4-7-17)18-5-2-8-24-16(18)20/h14H,2-13H2,1H3. The predicted molar refractivity (Wildman–Crippen MR) is 85.8 cm³/mol. The molecule has 2 rings (SSSR count). The van der Waals surface area contributed by atoms with Gasteiger partial charge in [0.25, 0.3) is 0 Å². The molecule has 2 amide bonds. The summed E-state index contributed by atoms with van der Waals surface area (Å²) < 4.78 is 20.6. The van der Waals surface area contributed by atoms with E-state index in [1.165, 1.54) is 0 Å². The van der Waals surface area contributed by atoms with Gasteiger partial charge < -0.3 is 28.7 Å². The molecule has 0 unspecified atom stereocenters. The lowest BCUT2D eigenvalue weighted by molar-refractivity contribution is -0.138. The molecule has 0 bridgehead atoms. The first kappa shape index (κ1) is 19.0. The van der Waals surface area contributed by atoms with Gasteiger partial charge in [0.15, 0.2) is 0 Å². The number of carbonyl (C=O) groups excluding carboxylic acids is 2. The van der Waals surface area contributed by atoms with Crippen molar-refractivity contribution in [2.75, 3.05) is 66.4 Å². The van der Waals surface area contributed by atoms with Crippen LogP contribution in [0.5, 0.6) is 0 Å². The summed E-state index contributed by atoms with van der Waals surface area (Å²) in [7, 11) is 1.62. The molecule has 8 nitrogen and oxygen atoms in total. The molecule has 0 saturated carbocycles. The summed E-state index contributed by atoms with van der Waals surface area (Å²) in [5, 5.41) is 0. The Bertz CT molecular complexity index is 398. The highest BCUT2D eigenvalue weighted by Gasteiger charge is 2.31. The van der Waals surface area contributed by atoms with E-state index >= 15 is 0 Å². The van der Waals surface area contributed by atoms with Crippen LogP contribution < -0.4 is 0 Å².